The molecule has 2 aliphatic heterocycles. The summed E-state index contributed by atoms with van der Waals surface area (Å²) in [7, 11) is 2.99. The van der Waals surface area contributed by atoms with E-state index >= 15 is 0 Å². The number of fused-ring (bicyclic) bond motifs is 1. The number of likely N-dealkylation sites (N-methyl/N-ethyl adjacent to an activating group) is 2. The molecule has 2 aliphatic rings. The topological polar surface area (TPSA) is 73.0 Å². The van der Waals surface area contributed by atoms with Crippen molar-refractivity contribution in [2.24, 2.45) is 0 Å². The summed E-state index contributed by atoms with van der Waals surface area (Å²) in [5.41, 5.74) is 2.52. The lowest BCUT2D eigenvalue weighted by atomic mass is 9.94. The van der Waals surface area contributed by atoms with E-state index in [9.17, 15) is 14.4 Å². The molecule has 4 amide bonds. The van der Waals surface area contributed by atoms with Gasteiger partial charge in [0.25, 0.3) is 5.91 Å². The third kappa shape index (κ3) is 3.83. The largest absolute Gasteiger partial charge is 0.354 e. The lowest BCUT2D eigenvalue weighted by molar-refractivity contribution is -0.131. The molecule has 1 unspecified atom stereocenters. The zero-order valence-corrected chi connectivity index (χ0v) is 16.5. The van der Waals surface area contributed by atoms with E-state index in [1.807, 2.05) is 0 Å². The summed E-state index contributed by atoms with van der Waals surface area (Å²) in [6.07, 6.45) is 0.994. The van der Waals surface area contributed by atoms with Gasteiger partial charge in [-0.25, -0.2) is 4.79 Å². The number of amides is 4. The van der Waals surface area contributed by atoms with Gasteiger partial charge in [-0.1, -0.05) is 24.3 Å². The molecule has 1 atom stereocenters. The molecule has 0 bridgehead atoms. The fraction of sp³-hybridized carbons (Fsp3) is 0.550. The normalized spacial score (nSPS) is 20.8. The van der Waals surface area contributed by atoms with Gasteiger partial charge in [0.1, 0.15) is 6.04 Å². The molecule has 0 saturated carbocycles. The minimum Gasteiger partial charge on any atom is -0.354 e. The van der Waals surface area contributed by atoms with Gasteiger partial charge in [-0.3, -0.25) is 19.4 Å². The second-order valence-corrected chi connectivity index (χ2v) is 8.04. The average Bonchev–Trinajstić information content (AvgIpc) is 2.84. The van der Waals surface area contributed by atoms with Crippen LogP contribution in [0.25, 0.3) is 0 Å². The number of carbonyl (C=O) groups excluding carboxylic acids is 3. The van der Waals surface area contributed by atoms with Crippen molar-refractivity contribution in [1.82, 2.24) is 20.0 Å². The Labute approximate surface area is 160 Å². The van der Waals surface area contributed by atoms with Crippen molar-refractivity contribution in [3.63, 3.8) is 0 Å². The van der Waals surface area contributed by atoms with Crippen molar-refractivity contribution in [3.05, 3.63) is 35.4 Å². The monoisotopic (exact) mass is 372 g/mol. The Morgan fingerprint density at radius 2 is 1.85 bits per heavy atom. The van der Waals surface area contributed by atoms with Gasteiger partial charge in [-0.2, -0.15) is 0 Å². The Balaban J connectivity index is 1.55. The van der Waals surface area contributed by atoms with Crippen molar-refractivity contribution in [2.75, 3.05) is 27.2 Å². The van der Waals surface area contributed by atoms with Crippen LogP contribution in [0, 0.1) is 0 Å². The molecular formula is C20H28N4O3. The summed E-state index contributed by atoms with van der Waals surface area (Å²) < 4.78 is 0. The van der Waals surface area contributed by atoms with E-state index < -0.39 is 6.04 Å². The van der Waals surface area contributed by atoms with Crippen LogP contribution in [-0.4, -0.2) is 71.3 Å². The van der Waals surface area contributed by atoms with Crippen LogP contribution in [0.1, 0.15) is 31.4 Å². The average molecular weight is 372 g/mol. The lowest BCUT2D eigenvalue weighted by Crippen LogP contribution is -2.53. The van der Waals surface area contributed by atoms with Crippen LogP contribution >= 0.6 is 0 Å². The highest BCUT2D eigenvalue weighted by Crippen LogP contribution is 2.25. The standard InChI is InChI=1S/C20H28N4O3/c1-20(2,24-10-9-14-7-5-6-8-15(14)12-24)13-21-17(25)11-16-18(26)23(4)19(27)22(16)3/h5-8,16H,9-13H2,1-4H3,(H,21,25). The van der Waals surface area contributed by atoms with E-state index in [-0.39, 0.29) is 29.8 Å². The van der Waals surface area contributed by atoms with E-state index in [4.69, 9.17) is 0 Å². The Kier molecular flexibility index (Phi) is 5.24. The fourth-order valence-corrected chi connectivity index (χ4v) is 3.76. The first-order chi connectivity index (χ1) is 12.7. The molecule has 3 rings (SSSR count). The molecule has 27 heavy (non-hydrogen) atoms. The van der Waals surface area contributed by atoms with E-state index in [1.54, 1.807) is 7.05 Å². The first-order valence-electron chi connectivity index (χ1n) is 9.33. The number of benzene rings is 1. The maximum atomic E-state index is 12.4. The molecule has 0 spiro atoms. The number of nitrogens with one attached hydrogen (secondary N) is 1. The molecule has 0 aliphatic carbocycles. The van der Waals surface area contributed by atoms with Gasteiger partial charge in [-0.15, -0.1) is 0 Å². The molecular weight excluding hydrogens is 344 g/mol. The molecule has 1 aromatic rings. The summed E-state index contributed by atoms with van der Waals surface area (Å²) in [5, 5.41) is 2.95. The van der Waals surface area contributed by atoms with Crippen molar-refractivity contribution in [2.45, 2.75) is 44.8 Å². The van der Waals surface area contributed by atoms with E-state index in [2.05, 4.69) is 48.3 Å². The van der Waals surface area contributed by atoms with Crippen molar-refractivity contribution >= 4 is 17.8 Å². The molecule has 2 heterocycles. The quantitative estimate of drug-likeness (QED) is 0.789. The third-order valence-electron chi connectivity index (χ3n) is 5.76. The Morgan fingerprint density at radius 1 is 1.19 bits per heavy atom. The van der Waals surface area contributed by atoms with Gasteiger partial charge in [0, 0.05) is 39.3 Å². The van der Waals surface area contributed by atoms with Gasteiger partial charge in [0.05, 0.1) is 6.42 Å². The molecule has 1 saturated heterocycles. The number of rotatable bonds is 5. The predicted molar refractivity (Wildman–Crippen MR) is 102 cm³/mol. The first-order valence-corrected chi connectivity index (χ1v) is 9.33. The number of nitrogens with zero attached hydrogens (tertiary/aromatic N) is 3. The zero-order chi connectivity index (χ0) is 19.8. The number of urea groups is 1. The van der Waals surface area contributed by atoms with E-state index in [0.29, 0.717) is 6.54 Å². The van der Waals surface area contributed by atoms with Gasteiger partial charge in [-0.05, 0) is 31.4 Å². The third-order valence-corrected chi connectivity index (χ3v) is 5.76. The van der Waals surface area contributed by atoms with Crippen molar-refractivity contribution in [3.8, 4) is 0 Å². The summed E-state index contributed by atoms with van der Waals surface area (Å²) in [5.74, 6) is -0.543. The number of hydrogen-bond donors (Lipinski definition) is 1. The summed E-state index contributed by atoms with van der Waals surface area (Å²) >= 11 is 0. The Morgan fingerprint density at radius 3 is 2.48 bits per heavy atom. The van der Waals surface area contributed by atoms with Crippen molar-refractivity contribution in [1.29, 1.82) is 0 Å². The second-order valence-electron chi connectivity index (χ2n) is 8.04. The fourth-order valence-electron chi connectivity index (χ4n) is 3.76. The van der Waals surface area contributed by atoms with Gasteiger partial charge >= 0.3 is 6.03 Å². The maximum absolute atomic E-state index is 12.4. The summed E-state index contributed by atoms with van der Waals surface area (Å²) in [6, 6.07) is 7.38. The van der Waals surface area contributed by atoms with Crippen LogP contribution in [0.3, 0.4) is 0 Å². The highest BCUT2D eigenvalue weighted by molar-refractivity contribution is 6.05. The minimum absolute atomic E-state index is 0.00960. The van der Waals surface area contributed by atoms with Crippen molar-refractivity contribution < 1.29 is 14.4 Å². The van der Waals surface area contributed by atoms with Crippen LogP contribution in [-0.2, 0) is 22.6 Å². The van der Waals surface area contributed by atoms with Crippen LogP contribution < -0.4 is 5.32 Å². The van der Waals surface area contributed by atoms with Gasteiger partial charge < -0.3 is 10.2 Å². The predicted octanol–water partition coefficient (Wildman–Crippen LogP) is 1.22. The number of imide groups is 1. The summed E-state index contributed by atoms with van der Waals surface area (Å²) in [6.45, 7) is 6.53. The van der Waals surface area contributed by atoms with Crippen LogP contribution in [0.5, 0.6) is 0 Å². The maximum Gasteiger partial charge on any atom is 0.326 e. The Bertz CT molecular complexity index is 761. The highest BCUT2D eigenvalue weighted by Gasteiger charge is 2.42. The van der Waals surface area contributed by atoms with Crippen LogP contribution in [0.15, 0.2) is 24.3 Å². The van der Waals surface area contributed by atoms with Gasteiger partial charge in [0.2, 0.25) is 5.91 Å². The molecule has 146 valence electrons. The molecule has 7 nitrogen and oxygen atoms in total. The molecule has 0 radical (unpaired) electrons. The zero-order valence-electron chi connectivity index (χ0n) is 16.5. The highest BCUT2D eigenvalue weighted by atomic mass is 16.2. The van der Waals surface area contributed by atoms with Gasteiger partial charge in [0.15, 0.2) is 0 Å². The second kappa shape index (κ2) is 7.31. The molecule has 7 heteroatoms. The smallest absolute Gasteiger partial charge is 0.326 e. The number of carbonyl (C=O) groups is 3. The summed E-state index contributed by atoms with van der Waals surface area (Å²) in [4.78, 5) is 41.1. The molecule has 0 aromatic heterocycles. The van der Waals surface area contributed by atoms with Crippen LogP contribution in [0.4, 0.5) is 4.79 Å². The molecule has 1 fully saturated rings. The van der Waals surface area contributed by atoms with E-state index in [1.165, 1.54) is 23.1 Å². The van der Waals surface area contributed by atoms with E-state index in [0.717, 1.165) is 24.4 Å². The number of hydrogen-bond acceptors (Lipinski definition) is 4. The molecule has 1 N–H and O–H groups in total. The lowest BCUT2D eigenvalue weighted by Gasteiger charge is -2.41. The van der Waals surface area contributed by atoms with Crippen LogP contribution in [0.2, 0.25) is 0 Å². The first kappa shape index (κ1) is 19.4. The SMILES string of the molecule is CN1C(=O)C(CC(=O)NCC(C)(C)N2CCc3ccccc3C2)N(C)C1=O. The Hall–Kier alpha value is -2.41. The minimum atomic E-state index is -0.715. The molecule has 1 aromatic carbocycles.